The molecule has 0 aromatic heterocycles. The lowest BCUT2D eigenvalue weighted by Crippen LogP contribution is -2.28. The number of benzene rings is 1. The van der Waals surface area contributed by atoms with Gasteiger partial charge in [-0.25, -0.2) is 4.39 Å². The maximum absolute atomic E-state index is 13.5. The van der Waals surface area contributed by atoms with Crippen molar-refractivity contribution in [2.24, 2.45) is 5.73 Å². The molecule has 0 spiro atoms. The number of rotatable bonds is 1. The maximum atomic E-state index is 13.5. The van der Waals surface area contributed by atoms with Crippen molar-refractivity contribution in [1.82, 2.24) is 0 Å². The third kappa shape index (κ3) is 1.28. The van der Waals surface area contributed by atoms with E-state index >= 15 is 0 Å². The van der Waals surface area contributed by atoms with Crippen molar-refractivity contribution in [3.05, 3.63) is 29.6 Å². The highest BCUT2D eigenvalue weighted by molar-refractivity contribution is 5.61. The molecule has 14 heavy (non-hydrogen) atoms. The van der Waals surface area contributed by atoms with Gasteiger partial charge in [0.2, 0.25) is 0 Å². The molecule has 1 aromatic rings. The van der Waals surface area contributed by atoms with Crippen molar-refractivity contribution < 1.29 is 4.39 Å². The highest BCUT2D eigenvalue weighted by Crippen LogP contribution is 2.38. The predicted octanol–water partition coefficient (Wildman–Crippen LogP) is 1.71. The number of nitrogens with two attached hydrogens (primary N) is 1. The summed E-state index contributed by atoms with van der Waals surface area (Å²) in [7, 11) is 1.91. The van der Waals surface area contributed by atoms with Crippen LogP contribution in [0.25, 0.3) is 0 Å². The van der Waals surface area contributed by atoms with E-state index in [0.29, 0.717) is 0 Å². The molecule has 3 heteroatoms. The molecule has 0 fully saturated rings. The lowest BCUT2D eigenvalue weighted by molar-refractivity contribution is 0.593. The van der Waals surface area contributed by atoms with Crippen LogP contribution in [-0.2, 0) is 0 Å². The van der Waals surface area contributed by atoms with Crippen LogP contribution >= 0.6 is 0 Å². The second-order valence-corrected chi connectivity index (χ2v) is 4.02. The van der Waals surface area contributed by atoms with Crippen molar-refractivity contribution in [3.63, 3.8) is 0 Å². The van der Waals surface area contributed by atoms with Gasteiger partial charge in [-0.15, -0.1) is 0 Å². The van der Waals surface area contributed by atoms with E-state index in [-0.39, 0.29) is 17.8 Å². The monoisotopic (exact) mass is 194 g/mol. The minimum atomic E-state index is -0.145. The first-order valence-electron chi connectivity index (χ1n) is 4.86. The Bertz CT molecular complexity index is 349. The fraction of sp³-hybridized carbons (Fsp3) is 0.455. The van der Waals surface area contributed by atoms with E-state index in [1.165, 1.54) is 6.07 Å². The molecule has 0 amide bonds. The molecular weight excluding hydrogens is 179 g/mol. The number of likely N-dealkylation sites (N-methyl/N-ethyl adjacent to an activating group) is 1. The fourth-order valence-corrected chi connectivity index (χ4v) is 2.17. The molecule has 0 saturated heterocycles. The number of anilines is 1. The van der Waals surface area contributed by atoms with E-state index in [1.54, 1.807) is 6.07 Å². The summed E-state index contributed by atoms with van der Waals surface area (Å²) in [6.45, 7) is 2.78. The zero-order chi connectivity index (χ0) is 10.3. The van der Waals surface area contributed by atoms with Crippen LogP contribution in [0.3, 0.4) is 0 Å². The third-order valence-corrected chi connectivity index (χ3v) is 2.90. The Morgan fingerprint density at radius 1 is 1.57 bits per heavy atom. The third-order valence-electron chi connectivity index (χ3n) is 2.90. The second kappa shape index (κ2) is 3.24. The van der Waals surface area contributed by atoms with Crippen LogP contribution in [0.4, 0.5) is 10.1 Å². The molecule has 0 saturated carbocycles. The highest BCUT2D eigenvalue weighted by atomic mass is 19.1. The largest absolute Gasteiger partial charge is 0.371 e. The van der Waals surface area contributed by atoms with Gasteiger partial charge in [0.05, 0.1) is 5.69 Å². The molecule has 1 aromatic carbocycles. The van der Waals surface area contributed by atoms with Gasteiger partial charge in [0.1, 0.15) is 5.82 Å². The summed E-state index contributed by atoms with van der Waals surface area (Å²) >= 11 is 0. The quantitative estimate of drug-likeness (QED) is 0.737. The molecule has 1 heterocycles. The van der Waals surface area contributed by atoms with Gasteiger partial charge in [0.25, 0.3) is 0 Å². The SMILES string of the molecule is CC(N)C1CN(C)c2c(F)cccc21. The zero-order valence-corrected chi connectivity index (χ0v) is 8.50. The van der Waals surface area contributed by atoms with Crippen LogP contribution in [0.2, 0.25) is 0 Å². The number of nitrogens with zero attached hydrogens (tertiary/aromatic N) is 1. The van der Waals surface area contributed by atoms with Crippen LogP contribution in [0.1, 0.15) is 18.4 Å². The zero-order valence-electron chi connectivity index (χ0n) is 8.50. The molecular formula is C11H15FN2. The van der Waals surface area contributed by atoms with Crippen LogP contribution in [-0.4, -0.2) is 19.6 Å². The van der Waals surface area contributed by atoms with Gasteiger partial charge in [-0.2, -0.15) is 0 Å². The first-order valence-corrected chi connectivity index (χ1v) is 4.86. The summed E-state index contributed by atoms with van der Waals surface area (Å²) in [4.78, 5) is 1.94. The maximum Gasteiger partial charge on any atom is 0.146 e. The topological polar surface area (TPSA) is 29.3 Å². The molecule has 0 radical (unpaired) electrons. The van der Waals surface area contributed by atoms with Gasteiger partial charge in [0.15, 0.2) is 0 Å². The smallest absolute Gasteiger partial charge is 0.146 e. The number of halogens is 1. The Kier molecular flexibility index (Phi) is 2.19. The average Bonchev–Trinajstić information content (AvgIpc) is 2.45. The number of hydrogen-bond donors (Lipinski definition) is 1. The van der Waals surface area contributed by atoms with E-state index in [1.807, 2.05) is 24.9 Å². The first-order chi connectivity index (χ1) is 6.61. The Morgan fingerprint density at radius 3 is 2.93 bits per heavy atom. The summed E-state index contributed by atoms with van der Waals surface area (Å²) in [5.74, 6) is 0.110. The normalized spacial score (nSPS) is 22.3. The molecule has 76 valence electrons. The summed E-state index contributed by atoms with van der Waals surface area (Å²) < 4.78 is 13.5. The van der Waals surface area contributed by atoms with Crippen molar-refractivity contribution in [2.45, 2.75) is 18.9 Å². The van der Waals surface area contributed by atoms with Crippen LogP contribution in [0.15, 0.2) is 18.2 Å². The summed E-state index contributed by atoms with van der Waals surface area (Å²) in [5, 5.41) is 0. The van der Waals surface area contributed by atoms with E-state index < -0.39 is 0 Å². The van der Waals surface area contributed by atoms with Crippen LogP contribution < -0.4 is 10.6 Å². The molecule has 0 aliphatic carbocycles. The van der Waals surface area contributed by atoms with Crippen molar-refractivity contribution in [2.75, 3.05) is 18.5 Å². The summed E-state index contributed by atoms with van der Waals surface area (Å²) in [6.07, 6.45) is 0. The number of fused-ring (bicyclic) bond motifs is 1. The van der Waals surface area contributed by atoms with Gasteiger partial charge in [-0.05, 0) is 18.6 Å². The van der Waals surface area contributed by atoms with Gasteiger partial charge in [0, 0.05) is 25.6 Å². The minimum Gasteiger partial charge on any atom is -0.371 e. The van der Waals surface area contributed by atoms with Gasteiger partial charge >= 0.3 is 0 Å². The standard InChI is InChI=1S/C11H15FN2/c1-7(13)9-6-14(2)11-8(9)4-3-5-10(11)12/h3-5,7,9H,6,13H2,1-2H3. The molecule has 2 nitrogen and oxygen atoms in total. The predicted molar refractivity (Wildman–Crippen MR) is 56.1 cm³/mol. The molecule has 0 bridgehead atoms. The van der Waals surface area contributed by atoms with Gasteiger partial charge in [-0.1, -0.05) is 12.1 Å². The van der Waals surface area contributed by atoms with E-state index in [2.05, 4.69) is 0 Å². The molecule has 1 aliphatic rings. The second-order valence-electron chi connectivity index (χ2n) is 4.02. The van der Waals surface area contributed by atoms with Crippen LogP contribution in [0, 0.1) is 5.82 Å². The lowest BCUT2D eigenvalue weighted by Gasteiger charge is -2.15. The Balaban J connectivity index is 2.49. The first kappa shape index (κ1) is 9.46. The molecule has 2 unspecified atom stereocenters. The summed E-state index contributed by atoms with van der Waals surface area (Å²) in [5.41, 5.74) is 7.64. The number of hydrogen-bond acceptors (Lipinski definition) is 2. The molecule has 2 rings (SSSR count). The van der Waals surface area contributed by atoms with Crippen molar-refractivity contribution >= 4 is 5.69 Å². The Morgan fingerprint density at radius 2 is 2.29 bits per heavy atom. The van der Waals surface area contributed by atoms with E-state index in [9.17, 15) is 4.39 Å². The van der Waals surface area contributed by atoms with Gasteiger partial charge < -0.3 is 10.6 Å². The molecule has 1 aliphatic heterocycles. The number of para-hydroxylation sites is 1. The molecule has 2 atom stereocenters. The summed E-state index contributed by atoms with van der Waals surface area (Å²) in [6, 6.07) is 5.29. The fourth-order valence-electron chi connectivity index (χ4n) is 2.17. The van der Waals surface area contributed by atoms with E-state index in [4.69, 9.17) is 5.73 Å². The van der Waals surface area contributed by atoms with Crippen molar-refractivity contribution in [1.29, 1.82) is 0 Å². The lowest BCUT2D eigenvalue weighted by atomic mass is 9.95. The van der Waals surface area contributed by atoms with E-state index in [0.717, 1.165) is 17.8 Å². The van der Waals surface area contributed by atoms with Crippen LogP contribution in [0.5, 0.6) is 0 Å². The molecule has 2 N–H and O–H groups in total. The highest BCUT2D eigenvalue weighted by Gasteiger charge is 2.30. The minimum absolute atomic E-state index is 0.0699. The Hall–Kier alpha value is -1.09. The van der Waals surface area contributed by atoms with Crippen molar-refractivity contribution in [3.8, 4) is 0 Å². The average molecular weight is 194 g/mol. The van der Waals surface area contributed by atoms with Gasteiger partial charge in [-0.3, -0.25) is 0 Å². The Labute approximate surface area is 83.5 Å².